The Morgan fingerprint density at radius 3 is 2.71 bits per heavy atom. The molecule has 0 aliphatic rings. The highest BCUT2D eigenvalue weighted by atomic mass is 19.4. The molecule has 0 bridgehead atoms. The van der Waals surface area contributed by atoms with Gasteiger partial charge in [0, 0.05) is 5.92 Å². The van der Waals surface area contributed by atoms with Crippen LogP contribution in [0, 0.1) is 11.8 Å². The average molecular weight is 246 g/mol. The van der Waals surface area contributed by atoms with Crippen molar-refractivity contribution in [3.8, 4) is 11.8 Å². The van der Waals surface area contributed by atoms with Crippen LogP contribution in [0.5, 0.6) is 0 Å². The maximum absolute atomic E-state index is 12.4. The summed E-state index contributed by atoms with van der Waals surface area (Å²) in [5.74, 6) is 2.46. The Hall–Kier alpha value is -2.30. The van der Waals surface area contributed by atoms with E-state index in [0.717, 1.165) is 7.11 Å². The van der Waals surface area contributed by atoms with Crippen LogP contribution in [0.25, 0.3) is 0 Å². The Labute approximate surface area is 92.6 Å². The van der Waals surface area contributed by atoms with E-state index >= 15 is 0 Å². The van der Waals surface area contributed by atoms with Crippen LogP contribution in [-0.4, -0.2) is 23.0 Å². The van der Waals surface area contributed by atoms with E-state index in [4.69, 9.17) is 0 Å². The van der Waals surface area contributed by atoms with Gasteiger partial charge in [-0.3, -0.25) is 4.79 Å². The van der Waals surface area contributed by atoms with Gasteiger partial charge in [0.15, 0.2) is 5.69 Å². The zero-order valence-corrected chi connectivity index (χ0v) is 8.38. The van der Waals surface area contributed by atoms with Crippen molar-refractivity contribution in [2.75, 3.05) is 7.11 Å². The highest BCUT2D eigenvalue weighted by Gasteiger charge is 2.36. The molecule has 0 amide bonds. The van der Waals surface area contributed by atoms with Gasteiger partial charge in [-0.1, -0.05) is 0 Å². The Morgan fingerprint density at radius 1 is 1.53 bits per heavy atom. The number of alkyl halides is 3. The van der Waals surface area contributed by atoms with Crippen molar-refractivity contribution in [1.29, 1.82) is 0 Å². The fraction of sp³-hybridized carbons (Fsp3) is 0.222. The van der Waals surface area contributed by atoms with Crippen LogP contribution in [0.1, 0.15) is 11.3 Å². The summed E-state index contributed by atoms with van der Waals surface area (Å²) in [6.07, 6.45) is -4.22. The number of methoxy groups -OCH3 is 1. The molecule has 0 saturated carbocycles. The average Bonchev–Trinajstić information content (AvgIpc) is 2.25. The lowest BCUT2D eigenvalue weighted by Gasteiger charge is -2.05. The maximum atomic E-state index is 12.4. The van der Waals surface area contributed by atoms with Gasteiger partial charge in [0.1, 0.15) is 5.56 Å². The Kier molecular flexibility index (Phi) is 3.52. The number of aromatic nitrogens is 2. The second-order valence-corrected chi connectivity index (χ2v) is 2.69. The first-order valence-electron chi connectivity index (χ1n) is 4.11. The summed E-state index contributed by atoms with van der Waals surface area (Å²) in [5, 5.41) is 0. The third kappa shape index (κ3) is 3.07. The highest BCUT2D eigenvalue weighted by molar-refractivity contribution is 5.89. The van der Waals surface area contributed by atoms with Crippen molar-refractivity contribution in [2.45, 2.75) is 6.18 Å². The van der Waals surface area contributed by atoms with Crippen molar-refractivity contribution in [2.24, 2.45) is 0 Å². The Balaban J connectivity index is 3.35. The molecule has 17 heavy (non-hydrogen) atoms. The van der Waals surface area contributed by atoms with Gasteiger partial charge in [-0.25, -0.2) is 9.78 Å². The summed E-state index contributed by atoms with van der Waals surface area (Å²) in [7, 11) is 1.01. The largest absolute Gasteiger partial charge is 0.459 e. The molecule has 0 saturated heterocycles. The van der Waals surface area contributed by atoms with Crippen LogP contribution in [0.4, 0.5) is 13.2 Å². The van der Waals surface area contributed by atoms with Crippen molar-refractivity contribution < 1.29 is 22.7 Å². The van der Waals surface area contributed by atoms with Gasteiger partial charge in [0.05, 0.1) is 13.4 Å². The van der Waals surface area contributed by atoms with E-state index in [1.54, 1.807) is 11.8 Å². The SMILES string of the molecule is COC(=O)C#Cc1c(C(F)(F)F)nc[nH]c1=O. The number of hydrogen-bond donors (Lipinski definition) is 1. The standard InChI is InChI=1S/C9H5F3N2O3/c1-17-6(15)3-2-5-7(9(10,11)12)13-4-14-8(5)16/h4H,1H3,(H,13,14,16). The van der Waals surface area contributed by atoms with E-state index in [9.17, 15) is 22.8 Å². The topological polar surface area (TPSA) is 72.0 Å². The number of nitrogens with zero attached hydrogens (tertiary/aromatic N) is 1. The van der Waals surface area contributed by atoms with Crippen LogP contribution in [0.2, 0.25) is 0 Å². The van der Waals surface area contributed by atoms with Crippen molar-refractivity contribution in [3.63, 3.8) is 0 Å². The minimum absolute atomic E-state index is 0.606. The second kappa shape index (κ2) is 4.69. The maximum Gasteiger partial charge on any atom is 0.434 e. The first kappa shape index (κ1) is 12.8. The summed E-state index contributed by atoms with van der Waals surface area (Å²) in [4.78, 5) is 26.7. The number of halogens is 3. The molecule has 1 aromatic rings. The molecule has 1 aromatic heterocycles. The predicted molar refractivity (Wildman–Crippen MR) is 48.8 cm³/mol. The molecule has 8 heteroatoms. The van der Waals surface area contributed by atoms with Crippen LogP contribution in [-0.2, 0) is 15.7 Å². The number of rotatable bonds is 0. The Morgan fingerprint density at radius 2 is 2.18 bits per heavy atom. The van der Waals surface area contributed by atoms with Gasteiger partial charge >= 0.3 is 12.1 Å². The molecule has 90 valence electrons. The molecule has 0 aromatic carbocycles. The molecular weight excluding hydrogens is 241 g/mol. The highest BCUT2D eigenvalue weighted by Crippen LogP contribution is 2.28. The van der Waals surface area contributed by atoms with E-state index in [0.29, 0.717) is 6.33 Å². The molecule has 0 unspecified atom stereocenters. The molecule has 0 aliphatic carbocycles. The fourth-order valence-corrected chi connectivity index (χ4v) is 0.895. The van der Waals surface area contributed by atoms with E-state index in [1.807, 2.05) is 4.98 Å². The third-order valence-corrected chi connectivity index (χ3v) is 1.60. The molecule has 0 fully saturated rings. The van der Waals surface area contributed by atoms with Gasteiger partial charge in [-0.15, -0.1) is 0 Å². The molecule has 1 heterocycles. The molecular formula is C9H5F3N2O3. The molecule has 0 radical (unpaired) electrons. The number of carbonyl (C=O) groups excluding carboxylic acids is 1. The molecule has 5 nitrogen and oxygen atoms in total. The summed E-state index contributed by atoms with van der Waals surface area (Å²) < 4.78 is 41.4. The lowest BCUT2D eigenvalue weighted by molar-refractivity contribution is -0.141. The van der Waals surface area contributed by atoms with Crippen molar-refractivity contribution in [1.82, 2.24) is 9.97 Å². The van der Waals surface area contributed by atoms with Gasteiger partial charge < -0.3 is 9.72 Å². The summed E-state index contributed by atoms with van der Waals surface area (Å²) in [5.41, 5.74) is -3.45. The van der Waals surface area contributed by atoms with Crippen LogP contribution >= 0.6 is 0 Å². The monoisotopic (exact) mass is 246 g/mol. The normalized spacial score (nSPS) is 10.4. The van der Waals surface area contributed by atoms with Gasteiger partial charge in [0.25, 0.3) is 5.56 Å². The summed E-state index contributed by atoms with van der Waals surface area (Å²) in [6, 6.07) is 0. The van der Waals surface area contributed by atoms with E-state index < -0.39 is 29.0 Å². The van der Waals surface area contributed by atoms with Gasteiger partial charge in [-0.2, -0.15) is 13.2 Å². The summed E-state index contributed by atoms with van der Waals surface area (Å²) in [6.45, 7) is 0. The number of carbonyl (C=O) groups is 1. The number of H-pyrrole nitrogens is 1. The molecule has 1 N–H and O–H groups in total. The van der Waals surface area contributed by atoms with Gasteiger partial charge in [-0.05, 0) is 5.92 Å². The number of hydrogen-bond acceptors (Lipinski definition) is 4. The van der Waals surface area contributed by atoms with E-state index in [2.05, 4.69) is 9.72 Å². The van der Waals surface area contributed by atoms with Crippen LogP contribution in [0.15, 0.2) is 11.1 Å². The quantitative estimate of drug-likeness (QED) is 0.528. The van der Waals surface area contributed by atoms with Crippen LogP contribution in [0.3, 0.4) is 0 Å². The fourth-order valence-electron chi connectivity index (χ4n) is 0.895. The first-order valence-corrected chi connectivity index (χ1v) is 4.11. The molecule has 0 atom stereocenters. The second-order valence-electron chi connectivity index (χ2n) is 2.69. The minimum Gasteiger partial charge on any atom is -0.459 e. The number of nitrogens with one attached hydrogen (secondary N) is 1. The predicted octanol–water partition coefficient (Wildman–Crippen LogP) is 0.313. The lowest BCUT2D eigenvalue weighted by Crippen LogP contribution is -2.20. The third-order valence-electron chi connectivity index (χ3n) is 1.60. The lowest BCUT2D eigenvalue weighted by atomic mass is 10.2. The zero-order chi connectivity index (χ0) is 13.1. The summed E-state index contributed by atoms with van der Waals surface area (Å²) >= 11 is 0. The van der Waals surface area contributed by atoms with Gasteiger partial charge in [0.2, 0.25) is 0 Å². The minimum atomic E-state index is -4.83. The molecule has 0 spiro atoms. The number of ether oxygens (including phenoxy) is 1. The smallest absolute Gasteiger partial charge is 0.434 e. The molecule has 0 aliphatic heterocycles. The zero-order valence-electron chi connectivity index (χ0n) is 8.38. The number of aromatic amines is 1. The number of esters is 1. The molecule has 1 rings (SSSR count). The van der Waals surface area contributed by atoms with Crippen molar-refractivity contribution in [3.05, 3.63) is 27.9 Å². The van der Waals surface area contributed by atoms with E-state index in [-0.39, 0.29) is 0 Å². The van der Waals surface area contributed by atoms with E-state index in [1.165, 1.54) is 0 Å². The van der Waals surface area contributed by atoms with Crippen molar-refractivity contribution >= 4 is 5.97 Å². The Bertz CT molecular complexity index is 551. The first-order chi connectivity index (χ1) is 7.86. The van der Waals surface area contributed by atoms with Crippen LogP contribution < -0.4 is 5.56 Å².